The maximum Gasteiger partial charge on any atom is 0.264 e. The number of aliphatic imine (C=N–C) groups is 1. The Kier molecular flexibility index (Phi) is 3.51. The van der Waals surface area contributed by atoms with Gasteiger partial charge in [-0.15, -0.1) is 0 Å². The predicted octanol–water partition coefficient (Wildman–Crippen LogP) is 5.04. The van der Waals surface area contributed by atoms with Gasteiger partial charge in [-0.05, 0) is 60.2 Å². The Hall–Kier alpha value is -4.32. The average Bonchev–Trinajstić information content (AvgIpc) is 3.25. The van der Waals surface area contributed by atoms with Gasteiger partial charge < -0.3 is 14.0 Å². The van der Waals surface area contributed by atoms with Gasteiger partial charge in [-0.2, -0.15) is 0 Å². The van der Waals surface area contributed by atoms with Crippen LogP contribution in [0.3, 0.4) is 0 Å². The number of hydrogen-bond donors (Lipinski definition) is 0. The van der Waals surface area contributed by atoms with Gasteiger partial charge >= 0.3 is 0 Å². The molecule has 5 nitrogen and oxygen atoms in total. The highest BCUT2D eigenvalue weighted by molar-refractivity contribution is 6.96. The first-order valence-electron chi connectivity index (χ1n) is 13.6. The molecule has 10 rings (SSSR count). The van der Waals surface area contributed by atoms with Crippen molar-refractivity contribution < 1.29 is 9.47 Å². The number of nitrogens with zero attached hydrogens (tertiary/aromatic N) is 3. The molecule has 0 bridgehead atoms. The molecule has 2 unspecified atom stereocenters. The molecule has 5 heterocycles. The molecule has 0 radical (unpaired) electrons. The average molecular weight is 491 g/mol. The number of fused-ring (bicyclic) bond motifs is 9. The first kappa shape index (κ1) is 19.8. The number of rotatable bonds is 1. The van der Waals surface area contributed by atoms with Crippen LogP contribution in [0.1, 0.15) is 24.1 Å². The maximum atomic E-state index is 6.65. The van der Waals surface area contributed by atoms with Crippen LogP contribution in [0.25, 0.3) is 27.5 Å². The van der Waals surface area contributed by atoms with E-state index in [1.54, 1.807) is 0 Å². The smallest absolute Gasteiger partial charge is 0.264 e. The summed E-state index contributed by atoms with van der Waals surface area (Å²) in [6, 6.07) is 24.2. The lowest BCUT2D eigenvalue weighted by atomic mass is 9.33. The topological polar surface area (TPSA) is 48.6 Å². The van der Waals surface area contributed by atoms with Crippen molar-refractivity contribution in [3.05, 3.63) is 89.5 Å². The van der Waals surface area contributed by atoms with Crippen LogP contribution in [0, 0.1) is 5.92 Å². The minimum atomic E-state index is 0.0448. The van der Waals surface area contributed by atoms with E-state index in [9.17, 15) is 0 Å². The molecule has 1 saturated carbocycles. The molecule has 3 aromatic carbocycles. The van der Waals surface area contributed by atoms with Crippen molar-refractivity contribution in [3.8, 4) is 23.1 Å². The van der Waals surface area contributed by atoms with Crippen LogP contribution >= 0.6 is 0 Å². The van der Waals surface area contributed by atoms with Crippen molar-refractivity contribution in [1.29, 1.82) is 0 Å². The molecule has 2 atom stereocenters. The predicted molar refractivity (Wildman–Crippen MR) is 150 cm³/mol. The molecule has 38 heavy (non-hydrogen) atoms. The number of pyridine rings is 1. The summed E-state index contributed by atoms with van der Waals surface area (Å²) in [6.07, 6.45) is 6.90. The van der Waals surface area contributed by atoms with Gasteiger partial charge in [0.05, 0.1) is 22.8 Å². The second kappa shape index (κ2) is 6.76. The summed E-state index contributed by atoms with van der Waals surface area (Å²) in [7, 11) is 0. The van der Waals surface area contributed by atoms with Crippen LogP contribution in [0.4, 0.5) is 0 Å². The van der Waals surface area contributed by atoms with Gasteiger partial charge in [0.15, 0.2) is 0 Å². The van der Waals surface area contributed by atoms with E-state index in [2.05, 4.69) is 77.4 Å². The monoisotopic (exact) mass is 491 g/mol. The molecule has 180 valence electrons. The fourth-order valence-corrected chi connectivity index (χ4v) is 7.14. The van der Waals surface area contributed by atoms with Crippen LogP contribution in [0.5, 0.6) is 17.4 Å². The van der Waals surface area contributed by atoms with E-state index in [1.807, 2.05) is 0 Å². The maximum absolute atomic E-state index is 6.65. The van der Waals surface area contributed by atoms with E-state index in [-0.39, 0.29) is 6.71 Å². The number of para-hydroxylation sites is 2. The third kappa shape index (κ3) is 2.39. The lowest BCUT2D eigenvalue weighted by Crippen LogP contribution is -2.56. The Morgan fingerprint density at radius 1 is 0.842 bits per heavy atom. The van der Waals surface area contributed by atoms with Gasteiger partial charge in [0.1, 0.15) is 11.5 Å². The minimum absolute atomic E-state index is 0.0448. The van der Waals surface area contributed by atoms with Crippen molar-refractivity contribution in [1.82, 2.24) is 9.55 Å². The van der Waals surface area contributed by atoms with Crippen LogP contribution in [0.15, 0.2) is 83.3 Å². The van der Waals surface area contributed by atoms with E-state index in [4.69, 9.17) is 19.5 Å². The Bertz CT molecular complexity index is 1920. The summed E-state index contributed by atoms with van der Waals surface area (Å²) in [5, 5.41) is 2.47. The highest BCUT2D eigenvalue weighted by atomic mass is 16.5. The summed E-state index contributed by atoms with van der Waals surface area (Å²) in [6.45, 7) is 0.0448. The number of dihydropyridines is 1. The van der Waals surface area contributed by atoms with Crippen LogP contribution < -0.4 is 20.4 Å². The Labute approximate surface area is 219 Å². The number of ether oxygens (including phenoxy) is 2. The van der Waals surface area contributed by atoms with Crippen molar-refractivity contribution in [2.24, 2.45) is 10.9 Å². The van der Waals surface area contributed by atoms with Crippen LogP contribution in [0.2, 0.25) is 0 Å². The molecule has 2 aromatic heterocycles. The van der Waals surface area contributed by atoms with E-state index >= 15 is 0 Å². The zero-order chi connectivity index (χ0) is 24.5. The lowest BCUT2D eigenvalue weighted by Gasteiger charge is -2.41. The fraction of sp³-hybridized carbons (Fsp3) is 0.188. The number of hydrogen-bond acceptors (Lipinski definition) is 4. The molecule has 0 amide bonds. The third-order valence-electron chi connectivity index (χ3n) is 9.28. The molecule has 2 aliphatic carbocycles. The molecule has 1 fully saturated rings. The summed E-state index contributed by atoms with van der Waals surface area (Å²) < 4.78 is 15.6. The number of benzene rings is 3. The zero-order valence-corrected chi connectivity index (χ0v) is 20.6. The Morgan fingerprint density at radius 2 is 1.61 bits per heavy atom. The molecule has 0 spiro atoms. The first-order valence-corrected chi connectivity index (χ1v) is 13.6. The second-order valence-electron chi connectivity index (χ2n) is 11.2. The first-order chi connectivity index (χ1) is 18.8. The molecule has 0 saturated heterocycles. The van der Waals surface area contributed by atoms with E-state index < -0.39 is 0 Å². The van der Waals surface area contributed by atoms with Gasteiger partial charge in [-0.3, -0.25) is 0 Å². The lowest BCUT2D eigenvalue weighted by molar-refractivity contribution is 0.308. The molecule has 0 N–H and O–H groups in total. The van der Waals surface area contributed by atoms with Gasteiger partial charge in [0, 0.05) is 34.1 Å². The van der Waals surface area contributed by atoms with Gasteiger partial charge in [0.2, 0.25) is 11.8 Å². The summed E-state index contributed by atoms with van der Waals surface area (Å²) in [4.78, 5) is 10.1. The molecule has 5 aliphatic rings. The van der Waals surface area contributed by atoms with Crippen molar-refractivity contribution in [2.75, 3.05) is 0 Å². The van der Waals surface area contributed by atoms with Crippen LogP contribution in [-0.2, 0) is 12.8 Å². The highest BCUT2D eigenvalue weighted by Gasteiger charge is 2.47. The standard InChI is InChI=1S/C32H22BN3O2/c1-3-7-26-20(5-1)21-6-2-4-8-27(21)36(26)19-15-28-30-29(16-19)38-32-23(14-18-10-12-25(18)35-32)33(30)22-13-17-9-11-24(17)34-31(22)37-28/h1-8,13-17,24H,9-12H2. The molecule has 6 heteroatoms. The fourth-order valence-electron chi connectivity index (χ4n) is 7.14. The van der Waals surface area contributed by atoms with Gasteiger partial charge in [-0.1, -0.05) is 48.5 Å². The highest BCUT2D eigenvalue weighted by Crippen LogP contribution is 2.43. The SMILES string of the molecule is C1=C2B3c4cc5c(nc4Oc4cc(-n6c7ccccc7c7ccccc76)cc(c43)OC2=NC2CCC12)CC5. The largest absolute Gasteiger partial charge is 0.440 e. The molecular formula is C32H22BN3O2. The third-order valence-corrected chi connectivity index (χ3v) is 9.28. The zero-order valence-electron chi connectivity index (χ0n) is 20.6. The quantitative estimate of drug-likeness (QED) is 0.309. The molecular weight excluding hydrogens is 469 g/mol. The number of aryl methyl sites for hydroxylation is 2. The number of aromatic nitrogens is 2. The summed E-state index contributed by atoms with van der Waals surface area (Å²) >= 11 is 0. The minimum Gasteiger partial charge on any atom is -0.440 e. The van der Waals surface area contributed by atoms with E-state index in [0.29, 0.717) is 12.0 Å². The summed E-state index contributed by atoms with van der Waals surface area (Å²) in [5.74, 6) is 3.71. The summed E-state index contributed by atoms with van der Waals surface area (Å²) in [5.41, 5.74) is 9.31. The van der Waals surface area contributed by atoms with Gasteiger partial charge in [0.25, 0.3) is 6.71 Å². The molecule has 5 aromatic rings. The second-order valence-corrected chi connectivity index (χ2v) is 11.2. The van der Waals surface area contributed by atoms with Crippen molar-refractivity contribution in [3.63, 3.8) is 0 Å². The Balaban J connectivity index is 1.26. The molecule has 3 aliphatic heterocycles. The van der Waals surface area contributed by atoms with Crippen LogP contribution in [-0.4, -0.2) is 28.2 Å². The van der Waals surface area contributed by atoms with Crippen molar-refractivity contribution in [2.45, 2.75) is 31.7 Å². The van der Waals surface area contributed by atoms with E-state index in [1.165, 1.54) is 33.9 Å². The van der Waals surface area contributed by atoms with Crippen molar-refractivity contribution >= 4 is 45.3 Å². The Morgan fingerprint density at radius 3 is 2.32 bits per heavy atom. The van der Waals surface area contributed by atoms with Gasteiger partial charge in [-0.25, -0.2) is 9.98 Å². The normalized spacial score (nSPS) is 21.4. The van der Waals surface area contributed by atoms with E-state index in [0.717, 1.165) is 70.2 Å².